The number of benzene rings is 1. The molecule has 0 spiro atoms. The Morgan fingerprint density at radius 2 is 2.42 bits per heavy atom. The number of nitrogens with two attached hydrogens (primary N) is 1. The van der Waals surface area contributed by atoms with Crippen LogP contribution in [0.15, 0.2) is 22.7 Å². The molecule has 1 fully saturated rings. The van der Waals surface area contributed by atoms with Crippen LogP contribution in [0.5, 0.6) is 0 Å². The molecule has 1 heterocycles. The molecular formula is C13H18BrN3OS. The fourth-order valence-corrected chi connectivity index (χ4v) is 3.84. The van der Waals surface area contributed by atoms with Gasteiger partial charge in [0.15, 0.2) is 0 Å². The van der Waals surface area contributed by atoms with Gasteiger partial charge in [-0.25, -0.2) is 0 Å². The summed E-state index contributed by atoms with van der Waals surface area (Å²) in [6.45, 7) is 0.419. The lowest BCUT2D eigenvalue weighted by Crippen LogP contribution is -2.38. The number of thioether (sulfide) groups is 1. The fourth-order valence-electron chi connectivity index (χ4n) is 2.05. The lowest BCUT2D eigenvalue weighted by molar-refractivity contribution is -0.117. The van der Waals surface area contributed by atoms with Crippen molar-refractivity contribution in [3.8, 4) is 0 Å². The lowest BCUT2D eigenvalue weighted by atomic mass is 10.2. The molecule has 1 unspecified atom stereocenters. The van der Waals surface area contributed by atoms with Gasteiger partial charge in [-0.1, -0.05) is 0 Å². The first kappa shape index (κ1) is 14.7. The van der Waals surface area contributed by atoms with E-state index in [9.17, 15) is 4.79 Å². The van der Waals surface area contributed by atoms with E-state index in [0.29, 0.717) is 18.3 Å². The molecule has 0 aromatic heterocycles. The zero-order chi connectivity index (χ0) is 13.8. The first-order valence-corrected chi connectivity index (χ1v) is 8.14. The number of carbonyl (C=O) groups is 1. The number of carbonyl (C=O) groups excluding carboxylic acids is 1. The summed E-state index contributed by atoms with van der Waals surface area (Å²) in [6.07, 6.45) is 1.17. The van der Waals surface area contributed by atoms with Gasteiger partial charge in [0, 0.05) is 22.0 Å². The zero-order valence-corrected chi connectivity index (χ0v) is 13.3. The van der Waals surface area contributed by atoms with Crippen LogP contribution in [0.2, 0.25) is 0 Å². The molecule has 1 aliphatic heterocycles. The molecule has 1 amide bonds. The number of halogens is 1. The van der Waals surface area contributed by atoms with Crippen LogP contribution in [-0.4, -0.2) is 41.9 Å². The zero-order valence-electron chi connectivity index (χ0n) is 10.9. The maximum atomic E-state index is 12.0. The number of anilines is 2. The molecule has 104 valence electrons. The van der Waals surface area contributed by atoms with E-state index in [4.69, 9.17) is 5.73 Å². The van der Waals surface area contributed by atoms with Crippen molar-refractivity contribution < 1.29 is 4.79 Å². The number of amides is 1. The summed E-state index contributed by atoms with van der Waals surface area (Å²) in [4.78, 5) is 14.1. The molecule has 1 aromatic carbocycles. The normalized spacial score (nSPS) is 18.8. The highest BCUT2D eigenvalue weighted by Crippen LogP contribution is 2.25. The van der Waals surface area contributed by atoms with Crippen molar-refractivity contribution in [2.24, 2.45) is 0 Å². The quantitative estimate of drug-likeness (QED) is 0.824. The molecule has 4 nitrogen and oxygen atoms in total. The molecule has 2 rings (SSSR count). The third kappa shape index (κ3) is 4.12. The van der Waals surface area contributed by atoms with Gasteiger partial charge in [0.1, 0.15) is 0 Å². The summed E-state index contributed by atoms with van der Waals surface area (Å²) in [5, 5.41) is 2.90. The molecule has 1 aromatic rings. The largest absolute Gasteiger partial charge is 0.399 e. The van der Waals surface area contributed by atoms with Crippen molar-refractivity contribution in [1.29, 1.82) is 0 Å². The van der Waals surface area contributed by atoms with E-state index >= 15 is 0 Å². The molecule has 0 saturated carbocycles. The monoisotopic (exact) mass is 343 g/mol. The fraction of sp³-hybridized carbons (Fsp3) is 0.462. The van der Waals surface area contributed by atoms with E-state index in [1.807, 2.05) is 24.9 Å². The van der Waals surface area contributed by atoms with Crippen LogP contribution in [0.4, 0.5) is 11.4 Å². The second kappa shape index (κ2) is 6.63. The number of nitrogens with zero attached hydrogens (tertiary/aromatic N) is 1. The van der Waals surface area contributed by atoms with Crippen LogP contribution in [0.1, 0.15) is 6.42 Å². The Balaban J connectivity index is 1.89. The Labute approximate surface area is 126 Å². The second-order valence-corrected chi connectivity index (χ2v) is 6.72. The van der Waals surface area contributed by atoms with Crippen LogP contribution in [0.25, 0.3) is 0 Å². The van der Waals surface area contributed by atoms with Gasteiger partial charge in [-0.15, -0.1) is 0 Å². The van der Waals surface area contributed by atoms with Gasteiger partial charge in [0.25, 0.3) is 0 Å². The number of rotatable bonds is 4. The third-order valence-corrected chi connectivity index (χ3v) is 4.99. The van der Waals surface area contributed by atoms with E-state index in [-0.39, 0.29) is 5.91 Å². The van der Waals surface area contributed by atoms with Crippen molar-refractivity contribution in [3.05, 3.63) is 22.7 Å². The van der Waals surface area contributed by atoms with E-state index in [1.165, 1.54) is 12.2 Å². The summed E-state index contributed by atoms with van der Waals surface area (Å²) in [5.41, 5.74) is 7.10. The highest BCUT2D eigenvalue weighted by Gasteiger charge is 2.21. The van der Waals surface area contributed by atoms with Gasteiger partial charge in [0.05, 0.1) is 12.2 Å². The number of hydrogen-bond donors (Lipinski definition) is 2. The van der Waals surface area contributed by atoms with Gasteiger partial charge in [0.2, 0.25) is 5.91 Å². The molecule has 1 saturated heterocycles. The highest BCUT2D eigenvalue weighted by atomic mass is 79.9. The summed E-state index contributed by atoms with van der Waals surface area (Å²) in [6, 6.07) is 5.89. The predicted octanol–water partition coefficient (Wildman–Crippen LogP) is 2.41. The lowest BCUT2D eigenvalue weighted by Gasteiger charge is -2.22. The summed E-state index contributed by atoms with van der Waals surface area (Å²) in [7, 11) is 2.01. The number of nitrogen functional groups attached to an aromatic ring is 1. The van der Waals surface area contributed by atoms with Crippen LogP contribution in [-0.2, 0) is 4.79 Å². The minimum Gasteiger partial charge on any atom is -0.399 e. The van der Waals surface area contributed by atoms with Gasteiger partial charge < -0.3 is 11.1 Å². The summed E-state index contributed by atoms with van der Waals surface area (Å²) >= 11 is 5.35. The molecule has 0 radical (unpaired) electrons. The van der Waals surface area contributed by atoms with Crippen molar-refractivity contribution in [3.63, 3.8) is 0 Å². The Morgan fingerprint density at radius 3 is 3.05 bits per heavy atom. The summed E-state index contributed by atoms with van der Waals surface area (Å²) < 4.78 is 0.805. The SMILES string of the molecule is CN(CC(=O)Nc1ccc(N)cc1Br)C1CCSC1. The van der Waals surface area contributed by atoms with Crippen molar-refractivity contribution in [2.45, 2.75) is 12.5 Å². The van der Waals surface area contributed by atoms with Crippen molar-refractivity contribution in [2.75, 3.05) is 36.1 Å². The maximum absolute atomic E-state index is 12.0. The van der Waals surface area contributed by atoms with E-state index < -0.39 is 0 Å². The third-order valence-electron chi connectivity index (χ3n) is 3.19. The van der Waals surface area contributed by atoms with E-state index in [1.54, 1.807) is 12.1 Å². The number of hydrogen-bond acceptors (Lipinski definition) is 4. The minimum atomic E-state index is 0.00451. The Hall–Kier alpha value is -0.720. The van der Waals surface area contributed by atoms with Gasteiger partial charge in [-0.05, 0) is 53.4 Å². The molecular weight excluding hydrogens is 326 g/mol. The average molecular weight is 344 g/mol. The molecule has 0 aliphatic carbocycles. The first-order chi connectivity index (χ1) is 9.06. The predicted molar refractivity (Wildman–Crippen MR) is 85.5 cm³/mol. The van der Waals surface area contributed by atoms with E-state index in [2.05, 4.69) is 26.1 Å². The van der Waals surface area contributed by atoms with Gasteiger partial charge in [-0.2, -0.15) is 11.8 Å². The number of nitrogens with one attached hydrogen (secondary N) is 1. The molecule has 0 bridgehead atoms. The number of likely N-dealkylation sites (N-methyl/N-ethyl adjacent to an activating group) is 1. The molecule has 1 aliphatic rings. The maximum Gasteiger partial charge on any atom is 0.238 e. The highest BCUT2D eigenvalue weighted by molar-refractivity contribution is 9.10. The van der Waals surface area contributed by atoms with Crippen LogP contribution < -0.4 is 11.1 Å². The van der Waals surface area contributed by atoms with Crippen molar-refractivity contribution >= 4 is 45.0 Å². The van der Waals surface area contributed by atoms with Crippen LogP contribution in [0.3, 0.4) is 0 Å². The Morgan fingerprint density at radius 1 is 1.63 bits per heavy atom. The standard InChI is InChI=1S/C13H18BrN3OS/c1-17(10-4-5-19-8-10)7-13(18)16-12-3-2-9(15)6-11(12)14/h2-3,6,10H,4-5,7-8,15H2,1H3,(H,16,18). The molecule has 3 N–H and O–H groups in total. The first-order valence-electron chi connectivity index (χ1n) is 6.19. The Kier molecular flexibility index (Phi) is 5.13. The topological polar surface area (TPSA) is 58.4 Å². The van der Waals surface area contributed by atoms with Gasteiger partial charge >= 0.3 is 0 Å². The smallest absolute Gasteiger partial charge is 0.238 e. The molecule has 19 heavy (non-hydrogen) atoms. The second-order valence-electron chi connectivity index (χ2n) is 4.72. The van der Waals surface area contributed by atoms with Crippen molar-refractivity contribution in [1.82, 2.24) is 4.90 Å². The molecule has 6 heteroatoms. The van der Waals surface area contributed by atoms with E-state index in [0.717, 1.165) is 15.9 Å². The Bertz CT molecular complexity index is 463. The van der Waals surface area contributed by atoms with Crippen LogP contribution >= 0.6 is 27.7 Å². The molecule has 1 atom stereocenters. The summed E-state index contributed by atoms with van der Waals surface area (Å²) in [5.74, 6) is 2.32. The van der Waals surface area contributed by atoms with Crippen LogP contribution in [0, 0.1) is 0 Å². The minimum absolute atomic E-state index is 0.00451. The van der Waals surface area contributed by atoms with Gasteiger partial charge in [-0.3, -0.25) is 9.69 Å². The average Bonchev–Trinajstić information content (AvgIpc) is 2.86.